The van der Waals surface area contributed by atoms with Crippen LogP contribution in [0.1, 0.15) is 22.8 Å². The Balaban J connectivity index is 1.86. The molecule has 154 valence electrons. The summed E-state index contributed by atoms with van der Waals surface area (Å²) in [4.78, 5) is 27.1. The number of alkyl halides is 4. The fourth-order valence-corrected chi connectivity index (χ4v) is 3.21. The van der Waals surface area contributed by atoms with Gasteiger partial charge >= 0.3 is 6.18 Å². The molecule has 0 saturated heterocycles. The molecular formula is C20H19F4N3O2. The second kappa shape index (κ2) is 8.10. The maximum Gasteiger partial charge on any atom is 0.431 e. The number of hydrogen-bond acceptors (Lipinski definition) is 3. The van der Waals surface area contributed by atoms with Gasteiger partial charge in [0, 0.05) is 36.5 Å². The zero-order chi connectivity index (χ0) is 21.2. The molecule has 1 unspecified atom stereocenters. The second-order valence-electron chi connectivity index (χ2n) is 6.46. The normalized spacial score (nSPS) is 18.6. The van der Waals surface area contributed by atoms with E-state index in [0.717, 1.165) is 0 Å². The molecule has 9 heteroatoms. The topological polar surface area (TPSA) is 52.7 Å². The third-order valence-corrected chi connectivity index (χ3v) is 4.70. The smallest absolute Gasteiger partial charge is 0.357 e. The number of nitrogens with zero attached hydrogens (tertiary/aromatic N) is 2. The zero-order valence-corrected chi connectivity index (χ0v) is 15.5. The minimum atomic E-state index is -4.68. The van der Waals surface area contributed by atoms with Gasteiger partial charge in [0.05, 0.1) is 0 Å². The highest BCUT2D eigenvalue weighted by atomic mass is 19.4. The number of nitrogens with one attached hydrogen (secondary N) is 1. The van der Waals surface area contributed by atoms with E-state index in [2.05, 4.69) is 5.32 Å². The molecule has 1 aromatic rings. The van der Waals surface area contributed by atoms with Crippen LogP contribution in [0.25, 0.3) is 5.57 Å². The highest BCUT2D eigenvalue weighted by Gasteiger charge is 2.42. The fraction of sp³-hybridized carbons (Fsp3) is 0.300. The van der Waals surface area contributed by atoms with Crippen molar-refractivity contribution in [2.24, 2.45) is 0 Å². The van der Waals surface area contributed by atoms with E-state index < -0.39 is 30.6 Å². The predicted molar refractivity (Wildman–Crippen MR) is 99.0 cm³/mol. The lowest BCUT2D eigenvalue weighted by Gasteiger charge is -2.38. The van der Waals surface area contributed by atoms with Crippen molar-refractivity contribution in [3.8, 4) is 0 Å². The molecule has 5 nitrogen and oxygen atoms in total. The van der Waals surface area contributed by atoms with Crippen molar-refractivity contribution >= 4 is 17.4 Å². The van der Waals surface area contributed by atoms with Gasteiger partial charge in [-0.1, -0.05) is 18.2 Å². The van der Waals surface area contributed by atoms with Gasteiger partial charge in [0.15, 0.2) is 0 Å². The number of halogens is 4. The Kier molecular flexibility index (Phi) is 5.76. The number of hydrogen-bond donors (Lipinski definition) is 1. The zero-order valence-electron chi connectivity index (χ0n) is 15.5. The Bertz CT molecular complexity index is 888. The Labute approximate surface area is 165 Å². The van der Waals surface area contributed by atoms with E-state index in [-0.39, 0.29) is 12.5 Å². The van der Waals surface area contributed by atoms with Gasteiger partial charge in [-0.3, -0.25) is 14.5 Å². The maximum atomic E-state index is 13.1. The Morgan fingerprint density at radius 2 is 1.93 bits per heavy atom. The van der Waals surface area contributed by atoms with Crippen molar-refractivity contribution in [1.82, 2.24) is 15.1 Å². The number of carbonyl (C=O) groups is 2. The first-order valence-corrected chi connectivity index (χ1v) is 8.98. The van der Waals surface area contributed by atoms with Gasteiger partial charge in [0.25, 0.3) is 11.8 Å². The van der Waals surface area contributed by atoms with Gasteiger partial charge in [0.2, 0.25) is 0 Å². The molecule has 1 aromatic carbocycles. The van der Waals surface area contributed by atoms with Gasteiger partial charge < -0.3 is 10.2 Å². The summed E-state index contributed by atoms with van der Waals surface area (Å²) < 4.78 is 51.9. The summed E-state index contributed by atoms with van der Waals surface area (Å²) in [6.07, 6.45) is -0.591. The molecule has 1 atom stereocenters. The molecule has 2 aliphatic heterocycles. The van der Waals surface area contributed by atoms with Gasteiger partial charge in [0.1, 0.15) is 18.5 Å². The molecule has 0 saturated carbocycles. The summed E-state index contributed by atoms with van der Waals surface area (Å²) in [5, 5.41) is 2.36. The Morgan fingerprint density at radius 3 is 2.52 bits per heavy atom. The predicted octanol–water partition coefficient (Wildman–Crippen LogP) is 3.23. The maximum absolute atomic E-state index is 13.1. The van der Waals surface area contributed by atoms with E-state index in [1.165, 1.54) is 28.1 Å². The standard InChI is InChI=1S/C20H19F4N3O2/c1-2-26(11-9-21)19(29)14-7-5-13(6-8-14)15-4-3-10-27-17(28)12-16(20(22,23)24)25-18(15)27/h3-8,10,12,18,25H,2,9,11H2,1H3. The Morgan fingerprint density at radius 1 is 1.24 bits per heavy atom. The van der Waals surface area contributed by atoms with Crippen molar-refractivity contribution in [2.75, 3.05) is 19.8 Å². The minimum Gasteiger partial charge on any atom is -0.357 e. The number of rotatable bonds is 5. The largest absolute Gasteiger partial charge is 0.431 e. The Hall–Kier alpha value is -3.10. The van der Waals surface area contributed by atoms with Crippen molar-refractivity contribution in [3.63, 3.8) is 0 Å². The molecule has 29 heavy (non-hydrogen) atoms. The van der Waals surface area contributed by atoms with Crippen LogP contribution in [-0.4, -0.2) is 53.7 Å². The van der Waals surface area contributed by atoms with E-state index in [1.807, 2.05) is 0 Å². The summed E-state index contributed by atoms with van der Waals surface area (Å²) in [7, 11) is 0. The molecule has 2 heterocycles. The lowest BCUT2D eigenvalue weighted by atomic mass is 9.97. The molecule has 0 aliphatic carbocycles. The van der Waals surface area contributed by atoms with Gasteiger partial charge in [-0.2, -0.15) is 13.2 Å². The van der Waals surface area contributed by atoms with Crippen LogP contribution in [0.5, 0.6) is 0 Å². The first kappa shape index (κ1) is 20.6. The second-order valence-corrected chi connectivity index (χ2v) is 6.46. The first-order chi connectivity index (χ1) is 13.8. The van der Waals surface area contributed by atoms with Crippen molar-refractivity contribution in [1.29, 1.82) is 0 Å². The first-order valence-electron chi connectivity index (χ1n) is 8.98. The van der Waals surface area contributed by atoms with Crippen LogP contribution in [0.3, 0.4) is 0 Å². The lowest BCUT2D eigenvalue weighted by molar-refractivity contribution is -0.130. The quantitative estimate of drug-likeness (QED) is 0.760. The third-order valence-electron chi connectivity index (χ3n) is 4.70. The molecular weight excluding hydrogens is 390 g/mol. The molecule has 0 radical (unpaired) electrons. The van der Waals surface area contributed by atoms with E-state index in [1.54, 1.807) is 31.2 Å². The molecule has 0 aromatic heterocycles. The highest BCUT2D eigenvalue weighted by molar-refractivity contribution is 5.95. The van der Waals surface area contributed by atoms with E-state index in [9.17, 15) is 27.2 Å². The average molecular weight is 409 g/mol. The van der Waals surface area contributed by atoms with Crippen LogP contribution >= 0.6 is 0 Å². The summed E-state index contributed by atoms with van der Waals surface area (Å²) in [5.74, 6) is -1.11. The van der Waals surface area contributed by atoms with E-state index >= 15 is 0 Å². The third kappa shape index (κ3) is 4.18. The minimum absolute atomic E-state index is 0.0113. The summed E-state index contributed by atoms with van der Waals surface area (Å²) in [5.41, 5.74) is 0.238. The van der Waals surface area contributed by atoms with Crippen molar-refractivity contribution in [2.45, 2.75) is 19.3 Å². The van der Waals surface area contributed by atoms with E-state index in [4.69, 9.17) is 0 Å². The number of carbonyl (C=O) groups excluding carboxylic acids is 2. The highest BCUT2D eigenvalue weighted by Crippen LogP contribution is 2.33. The molecule has 1 N–H and O–H groups in total. The average Bonchev–Trinajstić information content (AvgIpc) is 2.70. The van der Waals surface area contributed by atoms with Crippen molar-refractivity contribution in [3.05, 3.63) is 65.5 Å². The van der Waals surface area contributed by atoms with Gasteiger partial charge in [-0.05, 0) is 30.7 Å². The number of benzene rings is 1. The van der Waals surface area contributed by atoms with Crippen molar-refractivity contribution < 1.29 is 27.2 Å². The molecule has 3 rings (SSSR count). The fourth-order valence-electron chi connectivity index (χ4n) is 3.21. The molecule has 0 fully saturated rings. The summed E-state index contributed by atoms with van der Waals surface area (Å²) in [6, 6.07) is 6.26. The van der Waals surface area contributed by atoms with Crippen LogP contribution in [0.4, 0.5) is 17.6 Å². The monoisotopic (exact) mass is 409 g/mol. The van der Waals surface area contributed by atoms with Gasteiger partial charge in [-0.15, -0.1) is 0 Å². The molecule has 0 spiro atoms. The number of fused-ring (bicyclic) bond motifs is 1. The lowest BCUT2D eigenvalue weighted by Crippen LogP contribution is -2.52. The summed E-state index contributed by atoms with van der Waals surface area (Å²) >= 11 is 0. The van der Waals surface area contributed by atoms with Crippen LogP contribution in [0.15, 0.2) is 54.4 Å². The molecule has 2 aliphatic rings. The molecule has 2 amide bonds. The number of allylic oxidation sites excluding steroid dienone is 3. The van der Waals surface area contributed by atoms with Crippen LogP contribution in [0, 0.1) is 0 Å². The van der Waals surface area contributed by atoms with Crippen LogP contribution < -0.4 is 5.32 Å². The summed E-state index contributed by atoms with van der Waals surface area (Å²) in [6.45, 7) is 1.44. The number of amides is 2. The van der Waals surface area contributed by atoms with Crippen LogP contribution in [-0.2, 0) is 4.79 Å². The van der Waals surface area contributed by atoms with E-state index in [0.29, 0.717) is 29.3 Å². The SMILES string of the molecule is CCN(CCF)C(=O)c1ccc(C2=CC=CN3C(=O)C=C(C(F)(F)F)NC23)cc1. The molecule has 0 bridgehead atoms. The van der Waals surface area contributed by atoms with Gasteiger partial charge in [-0.25, -0.2) is 4.39 Å². The van der Waals surface area contributed by atoms with Crippen LogP contribution in [0.2, 0.25) is 0 Å².